The summed E-state index contributed by atoms with van der Waals surface area (Å²) in [6, 6.07) is 23.7. The number of anilines is 1. The number of urea groups is 1. The van der Waals surface area contributed by atoms with Crippen molar-refractivity contribution >= 4 is 11.7 Å². The predicted octanol–water partition coefficient (Wildman–Crippen LogP) is 6.38. The van der Waals surface area contributed by atoms with Crippen molar-refractivity contribution in [2.75, 3.05) is 32.0 Å². The number of nitrogens with zero attached hydrogens (tertiary/aromatic N) is 2. The summed E-state index contributed by atoms with van der Waals surface area (Å²) >= 11 is 0. The lowest BCUT2D eigenvalue weighted by Gasteiger charge is -2.37. The van der Waals surface area contributed by atoms with Gasteiger partial charge in [-0.1, -0.05) is 54.1 Å². The summed E-state index contributed by atoms with van der Waals surface area (Å²) in [6.45, 7) is 7.10. The summed E-state index contributed by atoms with van der Waals surface area (Å²) < 4.78 is 1.13. The van der Waals surface area contributed by atoms with Gasteiger partial charge in [0.2, 0.25) is 0 Å². The number of amides is 2. The van der Waals surface area contributed by atoms with Crippen LogP contribution in [0.15, 0.2) is 66.7 Å². The highest BCUT2D eigenvalue weighted by molar-refractivity contribution is 5.89. The minimum absolute atomic E-state index is 0.0193. The molecule has 4 nitrogen and oxygen atoms in total. The molecule has 0 aromatic heterocycles. The molecule has 2 aliphatic rings. The van der Waals surface area contributed by atoms with Gasteiger partial charge in [-0.05, 0) is 73.1 Å². The standard InChI is InChI=1S/C30H35N3O/c1-23-6-10-25(11-7-23)27-13-12-26-16-17-32(21-28(26)20-27)30(34)31-29-14-8-24(9-15-29)22-33(2)18-4-3-5-19-33/h6-15,20H,3-5,16-19,21-22H2,1-2H3/p+1. The fourth-order valence-corrected chi connectivity index (χ4v) is 5.43. The topological polar surface area (TPSA) is 32.3 Å². The molecular weight excluding hydrogens is 418 g/mol. The van der Waals surface area contributed by atoms with Gasteiger partial charge >= 0.3 is 6.03 Å². The Labute approximate surface area is 203 Å². The highest BCUT2D eigenvalue weighted by Crippen LogP contribution is 2.27. The van der Waals surface area contributed by atoms with E-state index in [2.05, 4.69) is 86.0 Å². The first-order valence-electron chi connectivity index (χ1n) is 12.6. The first-order valence-corrected chi connectivity index (χ1v) is 12.6. The van der Waals surface area contributed by atoms with E-state index in [4.69, 9.17) is 0 Å². The quantitative estimate of drug-likeness (QED) is 0.456. The Hall–Kier alpha value is -3.11. The second-order valence-electron chi connectivity index (χ2n) is 10.4. The van der Waals surface area contributed by atoms with E-state index in [1.54, 1.807) is 0 Å². The van der Waals surface area contributed by atoms with Crippen molar-refractivity contribution < 1.29 is 9.28 Å². The Morgan fingerprint density at radius 2 is 1.59 bits per heavy atom. The second-order valence-corrected chi connectivity index (χ2v) is 10.4. The van der Waals surface area contributed by atoms with Gasteiger partial charge < -0.3 is 14.7 Å². The molecule has 1 saturated heterocycles. The molecule has 0 saturated carbocycles. The number of carbonyl (C=O) groups excluding carboxylic acids is 1. The SMILES string of the molecule is Cc1ccc(-c2ccc3c(c2)CN(C(=O)Nc2ccc(C[N+]4(C)CCCCC4)cc2)CC3)cc1. The zero-order valence-electron chi connectivity index (χ0n) is 20.5. The Morgan fingerprint density at radius 3 is 2.32 bits per heavy atom. The molecule has 0 spiro atoms. The van der Waals surface area contributed by atoms with Crippen LogP contribution in [0.4, 0.5) is 10.5 Å². The van der Waals surface area contributed by atoms with Crippen LogP contribution in [0, 0.1) is 6.92 Å². The van der Waals surface area contributed by atoms with Crippen LogP contribution >= 0.6 is 0 Å². The lowest BCUT2D eigenvalue weighted by molar-refractivity contribution is -0.926. The third kappa shape index (κ3) is 5.18. The van der Waals surface area contributed by atoms with E-state index in [0.717, 1.165) is 29.7 Å². The molecule has 0 aliphatic carbocycles. The van der Waals surface area contributed by atoms with E-state index in [1.165, 1.54) is 65.7 Å². The maximum Gasteiger partial charge on any atom is 0.322 e. The summed E-state index contributed by atoms with van der Waals surface area (Å²) in [4.78, 5) is 15.0. The smallest absolute Gasteiger partial charge is 0.322 e. The maximum absolute atomic E-state index is 13.0. The van der Waals surface area contributed by atoms with Crippen LogP contribution < -0.4 is 5.32 Å². The molecular formula is C30H36N3O+. The lowest BCUT2D eigenvalue weighted by Crippen LogP contribution is -2.46. The van der Waals surface area contributed by atoms with Crippen LogP contribution in [-0.2, 0) is 19.5 Å². The Balaban J connectivity index is 1.22. The molecule has 2 amide bonds. The molecule has 1 fully saturated rings. The average molecular weight is 455 g/mol. The summed E-state index contributed by atoms with van der Waals surface area (Å²) in [5.74, 6) is 0. The van der Waals surface area contributed by atoms with E-state index in [1.807, 2.05) is 4.90 Å². The monoisotopic (exact) mass is 454 g/mol. The number of rotatable bonds is 4. The van der Waals surface area contributed by atoms with Gasteiger partial charge in [0, 0.05) is 24.3 Å². The van der Waals surface area contributed by atoms with Crippen molar-refractivity contribution in [3.63, 3.8) is 0 Å². The van der Waals surface area contributed by atoms with E-state index in [0.29, 0.717) is 6.54 Å². The van der Waals surface area contributed by atoms with Crippen molar-refractivity contribution in [2.45, 2.75) is 45.7 Å². The molecule has 5 rings (SSSR count). The minimum Gasteiger partial charge on any atom is -0.322 e. The molecule has 0 bridgehead atoms. The Kier molecular flexibility index (Phi) is 6.42. The van der Waals surface area contributed by atoms with Crippen molar-refractivity contribution in [3.8, 4) is 11.1 Å². The highest BCUT2D eigenvalue weighted by atomic mass is 16.2. The molecule has 4 heteroatoms. The summed E-state index contributed by atoms with van der Waals surface area (Å²) in [5, 5.41) is 3.12. The predicted molar refractivity (Wildman–Crippen MR) is 140 cm³/mol. The number of benzene rings is 3. The Bertz CT molecular complexity index is 1140. The van der Waals surface area contributed by atoms with Gasteiger partial charge in [-0.15, -0.1) is 0 Å². The van der Waals surface area contributed by atoms with Crippen LogP contribution in [0.5, 0.6) is 0 Å². The van der Waals surface area contributed by atoms with E-state index < -0.39 is 0 Å². The molecule has 0 atom stereocenters. The molecule has 176 valence electrons. The van der Waals surface area contributed by atoms with Gasteiger partial charge in [0.15, 0.2) is 0 Å². The van der Waals surface area contributed by atoms with Crippen LogP contribution in [0.25, 0.3) is 11.1 Å². The average Bonchev–Trinajstić information content (AvgIpc) is 2.85. The van der Waals surface area contributed by atoms with Crippen molar-refractivity contribution in [1.29, 1.82) is 0 Å². The van der Waals surface area contributed by atoms with Gasteiger partial charge in [0.05, 0.1) is 20.1 Å². The molecule has 2 aliphatic heterocycles. The summed E-state index contributed by atoms with van der Waals surface area (Å²) in [7, 11) is 2.37. The molecule has 0 unspecified atom stereocenters. The van der Waals surface area contributed by atoms with Gasteiger partial charge in [0.1, 0.15) is 6.54 Å². The first-order chi connectivity index (χ1) is 16.5. The number of fused-ring (bicyclic) bond motifs is 1. The summed E-state index contributed by atoms with van der Waals surface area (Å²) in [6.07, 6.45) is 4.92. The molecule has 0 radical (unpaired) electrons. The van der Waals surface area contributed by atoms with Crippen molar-refractivity contribution in [1.82, 2.24) is 4.90 Å². The number of nitrogens with one attached hydrogen (secondary N) is 1. The van der Waals surface area contributed by atoms with Crippen LogP contribution in [0.1, 0.15) is 41.5 Å². The van der Waals surface area contributed by atoms with Crippen LogP contribution in [0.3, 0.4) is 0 Å². The number of carbonyl (C=O) groups is 1. The van der Waals surface area contributed by atoms with E-state index in [9.17, 15) is 4.79 Å². The fraction of sp³-hybridized carbons (Fsp3) is 0.367. The summed E-state index contributed by atoms with van der Waals surface area (Å²) in [5.41, 5.74) is 8.50. The zero-order chi connectivity index (χ0) is 23.5. The van der Waals surface area contributed by atoms with Gasteiger partial charge in [-0.3, -0.25) is 0 Å². The zero-order valence-corrected chi connectivity index (χ0v) is 20.5. The van der Waals surface area contributed by atoms with E-state index >= 15 is 0 Å². The first kappa shape index (κ1) is 22.7. The highest BCUT2D eigenvalue weighted by Gasteiger charge is 2.25. The molecule has 1 N–H and O–H groups in total. The Morgan fingerprint density at radius 1 is 0.882 bits per heavy atom. The van der Waals surface area contributed by atoms with Crippen molar-refractivity contribution in [2.24, 2.45) is 0 Å². The number of likely N-dealkylation sites (tertiary alicyclic amines) is 1. The number of hydrogen-bond acceptors (Lipinski definition) is 1. The van der Waals surface area contributed by atoms with Gasteiger partial charge in [-0.2, -0.15) is 0 Å². The number of hydrogen-bond donors (Lipinski definition) is 1. The van der Waals surface area contributed by atoms with Crippen molar-refractivity contribution in [3.05, 3.63) is 89.0 Å². The molecule has 3 aromatic carbocycles. The molecule has 34 heavy (non-hydrogen) atoms. The van der Waals surface area contributed by atoms with Crippen LogP contribution in [-0.4, -0.2) is 42.1 Å². The largest absolute Gasteiger partial charge is 0.322 e. The molecule has 3 aromatic rings. The minimum atomic E-state index is -0.0193. The normalized spacial score (nSPS) is 17.2. The van der Waals surface area contributed by atoms with E-state index in [-0.39, 0.29) is 6.03 Å². The van der Waals surface area contributed by atoms with Gasteiger partial charge in [-0.25, -0.2) is 4.79 Å². The third-order valence-electron chi connectivity index (χ3n) is 7.56. The van der Waals surface area contributed by atoms with Crippen LogP contribution in [0.2, 0.25) is 0 Å². The fourth-order valence-electron chi connectivity index (χ4n) is 5.43. The lowest BCUT2D eigenvalue weighted by atomic mass is 9.94. The number of aryl methyl sites for hydroxylation is 1. The number of quaternary nitrogens is 1. The van der Waals surface area contributed by atoms with Gasteiger partial charge in [0.25, 0.3) is 0 Å². The number of piperidine rings is 1. The molecule has 2 heterocycles. The second kappa shape index (κ2) is 9.63. The third-order valence-corrected chi connectivity index (χ3v) is 7.56. The maximum atomic E-state index is 13.0.